The van der Waals surface area contributed by atoms with Crippen LogP contribution in [0.2, 0.25) is 15.2 Å². The average molecular weight is 319 g/mol. The topological polar surface area (TPSA) is 89.8 Å². The van der Waals surface area contributed by atoms with E-state index < -0.39 is 0 Å². The van der Waals surface area contributed by atoms with E-state index in [4.69, 9.17) is 46.3 Å². The first-order valence-corrected chi connectivity index (χ1v) is 6.37. The van der Waals surface area contributed by atoms with Gasteiger partial charge < -0.3 is 16.8 Å². The van der Waals surface area contributed by atoms with E-state index in [2.05, 4.69) is 15.3 Å². The average Bonchev–Trinajstić information content (AvgIpc) is 2.36. The van der Waals surface area contributed by atoms with Crippen molar-refractivity contribution in [3.05, 3.63) is 39.0 Å². The third kappa shape index (κ3) is 3.32. The third-order valence-electron chi connectivity index (χ3n) is 2.36. The van der Waals surface area contributed by atoms with Gasteiger partial charge in [-0.2, -0.15) is 9.97 Å². The van der Waals surface area contributed by atoms with Crippen LogP contribution in [0.5, 0.6) is 0 Å². The zero-order chi connectivity index (χ0) is 14.0. The molecule has 0 saturated carbocycles. The summed E-state index contributed by atoms with van der Waals surface area (Å²) in [5.41, 5.74) is 12.4. The largest absolute Gasteiger partial charge is 0.393 e. The second kappa shape index (κ2) is 5.69. The fourth-order valence-electron chi connectivity index (χ4n) is 1.43. The van der Waals surface area contributed by atoms with E-state index >= 15 is 0 Å². The Morgan fingerprint density at radius 2 is 1.79 bits per heavy atom. The molecule has 0 saturated heterocycles. The minimum Gasteiger partial charge on any atom is -0.393 e. The van der Waals surface area contributed by atoms with Gasteiger partial charge in [0.15, 0.2) is 11.0 Å². The van der Waals surface area contributed by atoms with Gasteiger partial charge in [-0.05, 0) is 17.7 Å². The SMILES string of the molecule is Nc1nc(Cl)c(N)c(NCc2ccc(Cl)c(Cl)c2)n1. The summed E-state index contributed by atoms with van der Waals surface area (Å²) in [7, 11) is 0. The van der Waals surface area contributed by atoms with Gasteiger partial charge in [-0.3, -0.25) is 0 Å². The molecule has 0 spiro atoms. The van der Waals surface area contributed by atoms with E-state index in [1.54, 1.807) is 12.1 Å². The fourth-order valence-corrected chi connectivity index (χ4v) is 1.93. The second-order valence-corrected chi connectivity index (χ2v) is 4.91. The Kier molecular flexibility index (Phi) is 4.19. The van der Waals surface area contributed by atoms with E-state index in [0.29, 0.717) is 22.4 Å². The molecule has 1 aromatic carbocycles. The molecular formula is C11H10Cl3N5. The van der Waals surface area contributed by atoms with Crippen LogP contribution in [-0.4, -0.2) is 9.97 Å². The molecule has 0 bridgehead atoms. The number of halogens is 3. The monoisotopic (exact) mass is 317 g/mol. The summed E-state index contributed by atoms with van der Waals surface area (Å²) >= 11 is 17.6. The number of nitrogens with one attached hydrogen (secondary N) is 1. The number of nitrogen functional groups attached to an aromatic ring is 2. The van der Waals surface area contributed by atoms with Crippen molar-refractivity contribution < 1.29 is 0 Å². The van der Waals surface area contributed by atoms with E-state index in [1.165, 1.54) is 0 Å². The Morgan fingerprint density at radius 1 is 1.05 bits per heavy atom. The highest BCUT2D eigenvalue weighted by Crippen LogP contribution is 2.26. The van der Waals surface area contributed by atoms with Crippen LogP contribution < -0.4 is 16.8 Å². The van der Waals surface area contributed by atoms with E-state index in [0.717, 1.165) is 5.56 Å². The Balaban J connectivity index is 2.16. The number of benzene rings is 1. The maximum absolute atomic E-state index is 5.93. The summed E-state index contributed by atoms with van der Waals surface area (Å²) in [6.07, 6.45) is 0. The van der Waals surface area contributed by atoms with Crippen molar-refractivity contribution in [3.8, 4) is 0 Å². The molecule has 0 fully saturated rings. The summed E-state index contributed by atoms with van der Waals surface area (Å²) in [4.78, 5) is 7.72. The number of rotatable bonds is 3. The van der Waals surface area contributed by atoms with Gasteiger partial charge in [-0.15, -0.1) is 0 Å². The highest BCUT2D eigenvalue weighted by atomic mass is 35.5. The number of nitrogens with two attached hydrogens (primary N) is 2. The van der Waals surface area contributed by atoms with Crippen molar-refractivity contribution in [1.29, 1.82) is 0 Å². The summed E-state index contributed by atoms with van der Waals surface area (Å²) < 4.78 is 0. The predicted octanol–water partition coefficient (Wildman–Crippen LogP) is 3.21. The van der Waals surface area contributed by atoms with Crippen molar-refractivity contribution in [2.75, 3.05) is 16.8 Å². The van der Waals surface area contributed by atoms with Crippen LogP contribution in [0.25, 0.3) is 0 Å². The van der Waals surface area contributed by atoms with E-state index in [9.17, 15) is 0 Å². The van der Waals surface area contributed by atoms with Crippen LogP contribution in [0.4, 0.5) is 17.5 Å². The number of hydrogen-bond donors (Lipinski definition) is 3. The van der Waals surface area contributed by atoms with Crippen LogP contribution in [0.15, 0.2) is 18.2 Å². The van der Waals surface area contributed by atoms with Crippen molar-refractivity contribution in [2.45, 2.75) is 6.54 Å². The Bertz CT molecular complexity index is 618. The van der Waals surface area contributed by atoms with Gasteiger partial charge in [0.1, 0.15) is 5.69 Å². The van der Waals surface area contributed by atoms with E-state index in [1.807, 2.05) is 6.07 Å². The number of hydrogen-bond acceptors (Lipinski definition) is 5. The molecule has 0 aliphatic heterocycles. The molecule has 0 atom stereocenters. The normalized spacial score (nSPS) is 10.5. The lowest BCUT2D eigenvalue weighted by molar-refractivity contribution is 1.09. The van der Waals surface area contributed by atoms with Crippen LogP contribution in [-0.2, 0) is 6.54 Å². The molecule has 1 heterocycles. The molecular weight excluding hydrogens is 309 g/mol. The first-order chi connectivity index (χ1) is 8.97. The lowest BCUT2D eigenvalue weighted by Gasteiger charge is -2.10. The van der Waals surface area contributed by atoms with Crippen LogP contribution >= 0.6 is 34.8 Å². The lowest BCUT2D eigenvalue weighted by Crippen LogP contribution is -2.08. The zero-order valence-corrected chi connectivity index (χ0v) is 11.9. The van der Waals surface area contributed by atoms with Crippen molar-refractivity contribution in [2.24, 2.45) is 0 Å². The molecule has 1 aromatic heterocycles. The highest BCUT2D eigenvalue weighted by molar-refractivity contribution is 6.42. The Hall–Kier alpha value is -1.43. The molecule has 0 aliphatic carbocycles. The predicted molar refractivity (Wildman–Crippen MR) is 79.7 cm³/mol. The fraction of sp³-hybridized carbons (Fsp3) is 0.0909. The zero-order valence-electron chi connectivity index (χ0n) is 9.62. The van der Waals surface area contributed by atoms with Crippen LogP contribution in [0.3, 0.4) is 0 Å². The van der Waals surface area contributed by atoms with Crippen LogP contribution in [0, 0.1) is 0 Å². The third-order valence-corrected chi connectivity index (χ3v) is 3.39. The van der Waals surface area contributed by atoms with Gasteiger partial charge >= 0.3 is 0 Å². The quantitative estimate of drug-likeness (QED) is 0.756. The standard InChI is InChI=1S/C11H10Cl3N5/c12-6-2-1-5(3-7(6)13)4-17-10-8(15)9(14)18-11(16)19-10/h1-3H,4,15H2,(H3,16,17,18,19). The van der Waals surface area contributed by atoms with Gasteiger partial charge in [0, 0.05) is 6.54 Å². The van der Waals surface area contributed by atoms with Crippen LogP contribution in [0.1, 0.15) is 5.56 Å². The lowest BCUT2D eigenvalue weighted by atomic mass is 10.2. The minimum absolute atomic E-state index is 0.0517. The van der Waals surface area contributed by atoms with Gasteiger partial charge in [-0.25, -0.2) is 0 Å². The van der Waals surface area contributed by atoms with E-state index in [-0.39, 0.29) is 16.8 Å². The Morgan fingerprint density at radius 3 is 2.47 bits per heavy atom. The molecule has 19 heavy (non-hydrogen) atoms. The molecule has 5 nitrogen and oxygen atoms in total. The number of aromatic nitrogens is 2. The highest BCUT2D eigenvalue weighted by Gasteiger charge is 2.08. The van der Waals surface area contributed by atoms with Gasteiger partial charge in [0.05, 0.1) is 10.0 Å². The molecule has 8 heteroatoms. The first kappa shape index (κ1) is 14.0. The smallest absolute Gasteiger partial charge is 0.223 e. The molecule has 5 N–H and O–H groups in total. The first-order valence-electron chi connectivity index (χ1n) is 5.23. The molecule has 100 valence electrons. The summed E-state index contributed by atoms with van der Waals surface area (Å²) in [5, 5.41) is 4.11. The molecule has 0 aliphatic rings. The molecule has 2 rings (SSSR count). The summed E-state index contributed by atoms with van der Waals surface area (Å²) in [5.74, 6) is 0.430. The number of anilines is 3. The summed E-state index contributed by atoms with van der Waals surface area (Å²) in [6.45, 7) is 0.452. The molecule has 0 radical (unpaired) electrons. The second-order valence-electron chi connectivity index (χ2n) is 3.74. The van der Waals surface area contributed by atoms with Crippen molar-refractivity contribution >= 4 is 52.3 Å². The summed E-state index contributed by atoms with van der Waals surface area (Å²) in [6, 6.07) is 5.30. The Labute approximate surface area is 124 Å². The van der Waals surface area contributed by atoms with Gasteiger partial charge in [0.25, 0.3) is 0 Å². The van der Waals surface area contributed by atoms with Gasteiger partial charge in [0.2, 0.25) is 5.95 Å². The van der Waals surface area contributed by atoms with Gasteiger partial charge in [-0.1, -0.05) is 40.9 Å². The maximum Gasteiger partial charge on any atom is 0.223 e. The maximum atomic E-state index is 5.93. The molecule has 0 unspecified atom stereocenters. The van der Waals surface area contributed by atoms with Crippen molar-refractivity contribution in [1.82, 2.24) is 9.97 Å². The molecule has 2 aromatic rings. The minimum atomic E-state index is 0.0517. The van der Waals surface area contributed by atoms with Crippen molar-refractivity contribution in [3.63, 3.8) is 0 Å². The number of nitrogens with zero attached hydrogens (tertiary/aromatic N) is 2. The molecule has 0 amide bonds.